The third-order valence-electron chi connectivity index (χ3n) is 3.87. The monoisotopic (exact) mass is 337 g/mol. The van der Waals surface area contributed by atoms with E-state index in [-0.39, 0.29) is 5.89 Å². The molecule has 0 saturated carbocycles. The van der Waals surface area contributed by atoms with E-state index in [9.17, 15) is 4.79 Å². The summed E-state index contributed by atoms with van der Waals surface area (Å²) in [5.74, 6) is 0.256. The van der Waals surface area contributed by atoms with Crippen LogP contribution in [0.2, 0.25) is 0 Å². The van der Waals surface area contributed by atoms with Gasteiger partial charge in [-0.1, -0.05) is 22.9 Å². The molecule has 0 radical (unpaired) electrons. The number of nitrogens with zero attached hydrogens (tertiary/aromatic N) is 3. The van der Waals surface area contributed by atoms with Crippen LogP contribution in [0.15, 0.2) is 41.2 Å². The fourth-order valence-corrected chi connectivity index (χ4v) is 2.78. The second-order valence-electron chi connectivity index (χ2n) is 6.02. The summed E-state index contributed by atoms with van der Waals surface area (Å²) in [5, 5.41) is 3.92. The molecule has 1 atom stereocenters. The van der Waals surface area contributed by atoms with Gasteiger partial charge >= 0.3 is 5.97 Å². The minimum atomic E-state index is -0.648. The molecule has 0 fully saturated rings. The van der Waals surface area contributed by atoms with Gasteiger partial charge in [-0.15, -0.1) is 0 Å². The summed E-state index contributed by atoms with van der Waals surface area (Å²) in [6.45, 7) is 7.50. The van der Waals surface area contributed by atoms with E-state index in [1.165, 1.54) is 0 Å². The predicted molar refractivity (Wildman–Crippen MR) is 92.0 cm³/mol. The summed E-state index contributed by atoms with van der Waals surface area (Å²) < 4.78 is 10.8. The number of hydrogen-bond acceptors (Lipinski definition) is 6. The number of hydrogen-bond donors (Lipinski definition) is 0. The van der Waals surface area contributed by atoms with Gasteiger partial charge < -0.3 is 9.26 Å². The maximum atomic E-state index is 12.5. The number of carbonyl (C=O) groups is 1. The van der Waals surface area contributed by atoms with Crippen molar-refractivity contribution in [3.63, 3.8) is 0 Å². The van der Waals surface area contributed by atoms with Crippen molar-refractivity contribution >= 4 is 5.97 Å². The van der Waals surface area contributed by atoms with E-state index >= 15 is 0 Å². The van der Waals surface area contributed by atoms with E-state index in [0.29, 0.717) is 11.4 Å². The highest BCUT2D eigenvalue weighted by Gasteiger charge is 2.22. The Hall–Kier alpha value is -3.02. The molecular formula is C19H19N3O3. The molecule has 25 heavy (non-hydrogen) atoms. The number of aromatic nitrogens is 3. The molecule has 0 saturated heterocycles. The van der Waals surface area contributed by atoms with E-state index in [4.69, 9.17) is 9.26 Å². The van der Waals surface area contributed by atoms with Gasteiger partial charge in [-0.05, 0) is 51.0 Å². The summed E-state index contributed by atoms with van der Waals surface area (Å²) in [7, 11) is 0. The first-order valence-corrected chi connectivity index (χ1v) is 7.98. The average molecular weight is 337 g/mol. The van der Waals surface area contributed by atoms with Crippen LogP contribution < -0.4 is 0 Å². The third kappa shape index (κ3) is 3.57. The van der Waals surface area contributed by atoms with Crippen LogP contribution in [0.25, 0.3) is 11.4 Å². The number of carbonyl (C=O) groups excluding carboxylic acids is 1. The smallest absolute Gasteiger partial charge is 0.339 e. The Morgan fingerprint density at radius 3 is 2.56 bits per heavy atom. The second kappa shape index (κ2) is 6.84. The molecule has 0 aliphatic carbocycles. The number of esters is 1. The van der Waals surface area contributed by atoms with Gasteiger partial charge in [0.15, 0.2) is 6.10 Å². The lowest BCUT2D eigenvalue weighted by molar-refractivity contribution is 0.0264. The van der Waals surface area contributed by atoms with Crippen molar-refractivity contribution in [1.29, 1.82) is 0 Å². The van der Waals surface area contributed by atoms with Crippen molar-refractivity contribution < 1.29 is 14.1 Å². The first kappa shape index (κ1) is 16.8. The summed E-state index contributed by atoms with van der Waals surface area (Å²) in [4.78, 5) is 20.8. The SMILES string of the molecule is Cc1cc(C)c(C(=O)O[C@H](C)c2nc(-c3cccnc3)no2)c(C)c1. The number of aryl methyl sites for hydroxylation is 3. The van der Waals surface area contributed by atoms with Gasteiger partial charge in [-0.25, -0.2) is 4.79 Å². The Morgan fingerprint density at radius 2 is 1.92 bits per heavy atom. The zero-order valence-corrected chi connectivity index (χ0v) is 14.6. The van der Waals surface area contributed by atoms with Crippen LogP contribution in [0.4, 0.5) is 0 Å². The summed E-state index contributed by atoms with van der Waals surface area (Å²) in [6, 6.07) is 7.54. The zero-order valence-electron chi connectivity index (χ0n) is 14.6. The molecule has 0 aliphatic rings. The van der Waals surface area contributed by atoms with Crippen LogP contribution in [0.1, 0.15) is 46.0 Å². The number of benzene rings is 1. The Labute approximate surface area is 145 Å². The molecule has 0 aliphatic heterocycles. The van der Waals surface area contributed by atoms with Crippen LogP contribution in [0.3, 0.4) is 0 Å². The van der Waals surface area contributed by atoms with Crippen molar-refractivity contribution in [3.8, 4) is 11.4 Å². The van der Waals surface area contributed by atoms with Gasteiger partial charge in [0, 0.05) is 18.0 Å². The van der Waals surface area contributed by atoms with Gasteiger partial charge in [0.05, 0.1) is 5.56 Å². The predicted octanol–water partition coefficient (Wildman–Crippen LogP) is 3.97. The number of rotatable bonds is 4. The van der Waals surface area contributed by atoms with Crippen LogP contribution >= 0.6 is 0 Å². The highest BCUT2D eigenvalue weighted by molar-refractivity contribution is 5.92. The Bertz CT molecular complexity index is 880. The molecule has 6 nitrogen and oxygen atoms in total. The minimum Gasteiger partial charge on any atom is -0.449 e. The summed E-state index contributed by atoms with van der Waals surface area (Å²) in [5.41, 5.74) is 4.19. The fraction of sp³-hybridized carbons (Fsp3) is 0.263. The first-order valence-electron chi connectivity index (χ1n) is 7.98. The van der Waals surface area contributed by atoms with Crippen molar-refractivity contribution in [2.45, 2.75) is 33.8 Å². The Morgan fingerprint density at radius 1 is 1.20 bits per heavy atom. The molecule has 3 aromatic rings. The van der Waals surface area contributed by atoms with E-state index < -0.39 is 12.1 Å². The topological polar surface area (TPSA) is 78.1 Å². The standard InChI is InChI=1S/C19H19N3O3/c1-11-8-12(2)16(13(3)9-11)19(23)24-14(4)18-21-17(22-25-18)15-6-5-7-20-10-15/h5-10,14H,1-4H3/t14-/m1/s1. The van der Waals surface area contributed by atoms with Crippen LogP contribution in [0.5, 0.6) is 0 Å². The highest BCUT2D eigenvalue weighted by atomic mass is 16.6. The molecular weight excluding hydrogens is 318 g/mol. The maximum absolute atomic E-state index is 12.5. The van der Waals surface area contributed by atoms with Crippen molar-refractivity contribution in [1.82, 2.24) is 15.1 Å². The molecule has 0 N–H and O–H groups in total. The van der Waals surface area contributed by atoms with Gasteiger partial charge in [0.1, 0.15) is 0 Å². The van der Waals surface area contributed by atoms with Crippen molar-refractivity contribution in [2.75, 3.05) is 0 Å². The molecule has 0 amide bonds. The molecule has 3 rings (SSSR count). The molecule has 1 aromatic carbocycles. The van der Waals surface area contributed by atoms with Gasteiger partial charge in [0.25, 0.3) is 5.89 Å². The van der Waals surface area contributed by atoms with E-state index in [0.717, 1.165) is 22.3 Å². The summed E-state index contributed by atoms with van der Waals surface area (Å²) in [6.07, 6.45) is 2.66. The van der Waals surface area contributed by atoms with Gasteiger partial charge in [-0.3, -0.25) is 4.98 Å². The van der Waals surface area contributed by atoms with Crippen LogP contribution in [0, 0.1) is 20.8 Å². The quantitative estimate of drug-likeness (QED) is 0.670. The van der Waals surface area contributed by atoms with Crippen LogP contribution in [-0.4, -0.2) is 21.1 Å². The normalized spacial score (nSPS) is 12.0. The van der Waals surface area contributed by atoms with Gasteiger partial charge in [-0.2, -0.15) is 4.98 Å². The van der Waals surface area contributed by atoms with E-state index in [2.05, 4.69) is 15.1 Å². The molecule has 0 spiro atoms. The molecule has 2 aromatic heterocycles. The zero-order chi connectivity index (χ0) is 18.0. The summed E-state index contributed by atoms with van der Waals surface area (Å²) >= 11 is 0. The van der Waals surface area contributed by atoms with Crippen LogP contribution in [-0.2, 0) is 4.74 Å². The van der Waals surface area contributed by atoms with E-state index in [1.54, 1.807) is 25.4 Å². The van der Waals surface area contributed by atoms with Crippen molar-refractivity contribution in [3.05, 3.63) is 64.8 Å². The minimum absolute atomic E-state index is 0.245. The highest BCUT2D eigenvalue weighted by Crippen LogP contribution is 2.23. The molecule has 0 unspecified atom stereocenters. The maximum Gasteiger partial charge on any atom is 0.339 e. The largest absolute Gasteiger partial charge is 0.449 e. The first-order chi connectivity index (χ1) is 12.0. The van der Waals surface area contributed by atoms with E-state index in [1.807, 2.05) is 39.0 Å². The fourth-order valence-electron chi connectivity index (χ4n) is 2.78. The third-order valence-corrected chi connectivity index (χ3v) is 3.87. The van der Waals surface area contributed by atoms with Crippen molar-refractivity contribution in [2.24, 2.45) is 0 Å². The lowest BCUT2D eigenvalue weighted by atomic mass is 10.00. The lowest BCUT2D eigenvalue weighted by Gasteiger charge is -2.13. The second-order valence-corrected chi connectivity index (χ2v) is 6.02. The average Bonchev–Trinajstić information content (AvgIpc) is 3.04. The number of ether oxygens (including phenoxy) is 1. The Kier molecular flexibility index (Phi) is 4.61. The van der Waals surface area contributed by atoms with Gasteiger partial charge in [0.2, 0.25) is 5.82 Å². The molecule has 2 heterocycles. The molecule has 128 valence electrons. The Balaban J connectivity index is 1.78. The number of pyridine rings is 1. The molecule has 6 heteroatoms. The lowest BCUT2D eigenvalue weighted by Crippen LogP contribution is -2.12. The molecule has 0 bridgehead atoms.